The molecule has 1 aliphatic rings. The topological polar surface area (TPSA) is 40.5 Å². The maximum absolute atomic E-state index is 12.1. The van der Waals surface area contributed by atoms with Gasteiger partial charge in [0.25, 0.3) is 5.91 Å². The second-order valence-electron chi connectivity index (χ2n) is 4.16. The van der Waals surface area contributed by atoms with Crippen LogP contribution in [0.4, 0.5) is 0 Å². The summed E-state index contributed by atoms with van der Waals surface area (Å²) in [7, 11) is 0. The lowest BCUT2D eigenvalue weighted by Crippen LogP contribution is -2.28. The number of halogens is 1. The van der Waals surface area contributed by atoms with Crippen molar-refractivity contribution in [3.05, 3.63) is 29.3 Å². The highest BCUT2D eigenvalue weighted by Crippen LogP contribution is 2.23. The highest BCUT2D eigenvalue weighted by Gasteiger charge is 2.26. The van der Waals surface area contributed by atoms with Crippen LogP contribution in [0.1, 0.15) is 22.3 Å². The number of aromatic hydroxyl groups is 1. The van der Waals surface area contributed by atoms with Crippen molar-refractivity contribution in [1.29, 1.82) is 0 Å². The molecule has 3 nitrogen and oxygen atoms in total. The summed E-state index contributed by atoms with van der Waals surface area (Å²) in [5, 5.41) is 9.69. The summed E-state index contributed by atoms with van der Waals surface area (Å²) in [6, 6.07) is 5.04. The molecule has 0 radical (unpaired) electrons. The van der Waals surface area contributed by atoms with E-state index in [0.717, 1.165) is 12.0 Å². The van der Waals surface area contributed by atoms with E-state index in [0.29, 0.717) is 18.7 Å². The van der Waals surface area contributed by atoms with Crippen LogP contribution in [0.15, 0.2) is 18.2 Å². The van der Waals surface area contributed by atoms with E-state index in [1.807, 2.05) is 6.92 Å². The summed E-state index contributed by atoms with van der Waals surface area (Å²) in [6.45, 7) is 3.12. The van der Waals surface area contributed by atoms with Gasteiger partial charge in [-0.1, -0.05) is 11.6 Å². The minimum absolute atomic E-state index is 0.0358. The molecule has 1 fully saturated rings. The molecule has 1 N–H and O–H groups in total. The Balaban J connectivity index is 2.23. The van der Waals surface area contributed by atoms with Crippen LogP contribution >= 0.6 is 11.6 Å². The van der Waals surface area contributed by atoms with Crippen LogP contribution in [-0.2, 0) is 0 Å². The minimum atomic E-state index is -0.135. The lowest BCUT2D eigenvalue weighted by molar-refractivity contribution is 0.0790. The van der Waals surface area contributed by atoms with Crippen molar-refractivity contribution in [3.63, 3.8) is 0 Å². The third-order valence-corrected chi connectivity index (χ3v) is 3.16. The molecule has 1 aromatic rings. The Bertz CT molecular complexity index is 419. The number of phenolic OH excluding ortho intramolecular Hbond substituents is 1. The number of likely N-dealkylation sites (tertiary alicyclic amines) is 1. The van der Waals surface area contributed by atoms with Gasteiger partial charge in [-0.05, 0) is 25.5 Å². The number of phenols is 1. The number of hydrogen-bond acceptors (Lipinski definition) is 2. The highest BCUT2D eigenvalue weighted by molar-refractivity contribution is 6.21. The number of alkyl halides is 1. The molecule has 1 heterocycles. The van der Waals surface area contributed by atoms with Gasteiger partial charge in [-0.2, -0.15) is 0 Å². The summed E-state index contributed by atoms with van der Waals surface area (Å²) in [4.78, 5) is 13.8. The van der Waals surface area contributed by atoms with E-state index in [1.165, 1.54) is 0 Å². The van der Waals surface area contributed by atoms with Gasteiger partial charge in [-0.25, -0.2) is 0 Å². The van der Waals surface area contributed by atoms with Crippen LogP contribution in [0.3, 0.4) is 0 Å². The van der Waals surface area contributed by atoms with Crippen LogP contribution in [0.2, 0.25) is 0 Å². The average molecular weight is 240 g/mol. The molecular weight excluding hydrogens is 226 g/mol. The van der Waals surface area contributed by atoms with Gasteiger partial charge in [0.05, 0.1) is 10.9 Å². The first-order chi connectivity index (χ1) is 7.58. The maximum atomic E-state index is 12.1. The van der Waals surface area contributed by atoms with Crippen molar-refractivity contribution in [2.75, 3.05) is 13.1 Å². The van der Waals surface area contributed by atoms with Crippen LogP contribution in [0.25, 0.3) is 0 Å². The van der Waals surface area contributed by atoms with Gasteiger partial charge < -0.3 is 10.0 Å². The van der Waals surface area contributed by atoms with Crippen LogP contribution < -0.4 is 0 Å². The number of nitrogens with zero attached hydrogens (tertiary/aromatic N) is 1. The van der Waals surface area contributed by atoms with E-state index in [9.17, 15) is 9.90 Å². The molecule has 1 amide bonds. The predicted molar refractivity (Wildman–Crippen MR) is 63.0 cm³/mol. The Morgan fingerprint density at radius 3 is 2.94 bits per heavy atom. The highest BCUT2D eigenvalue weighted by atomic mass is 35.5. The number of hydrogen-bond donors (Lipinski definition) is 1. The Hall–Kier alpha value is -1.22. The number of benzene rings is 1. The van der Waals surface area contributed by atoms with E-state index >= 15 is 0 Å². The average Bonchev–Trinajstić information content (AvgIpc) is 2.67. The van der Waals surface area contributed by atoms with Crippen molar-refractivity contribution in [1.82, 2.24) is 4.90 Å². The first-order valence-electron chi connectivity index (χ1n) is 5.31. The number of carbonyl (C=O) groups excluding carboxylic acids is 1. The van der Waals surface area contributed by atoms with Gasteiger partial charge in [0.1, 0.15) is 5.75 Å². The summed E-state index contributed by atoms with van der Waals surface area (Å²) >= 11 is 5.95. The van der Waals surface area contributed by atoms with Crippen molar-refractivity contribution in [2.45, 2.75) is 18.7 Å². The molecule has 2 rings (SSSR count). The van der Waals surface area contributed by atoms with E-state index in [1.54, 1.807) is 23.1 Å². The maximum Gasteiger partial charge on any atom is 0.257 e. The molecule has 0 aliphatic carbocycles. The second-order valence-corrected chi connectivity index (χ2v) is 4.77. The number of carbonyl (C=O) groups is 1. The molecule has 1 saturated heterocycles. The SMILES string of the molecule is Cc1ccc(O)c(C(=O)N2CCC(Cl)C2)c1. The number of aryl methyl sites for hydroxylation is 1. The van der Waals surface area contributed by atoms with Crippen LogP contribution in [-0.4, -0.2) is 34.4 Å². The molecule has 4 heteroatoms. The standard InChI is InChI=1S/C12H14ClNO2/c1-8-2-3-11(15)10(6-8)12(16)14-5-4-9(13)7-14/h2-3,6,9,15H,4-5,7H2,1H3. The molecule has 16 heavy (non-hydrogen) atoms. The van der Waals surface area contributed by atoms with Gasteiger partial charge in [-0.15, -0.1) is 11.6 Å². The zero-order valence-corrected chi connectivity index (χ0v) is 9.87. The lowest BCUT2D eigenvalue weighted by Gasteiger charge is -2.16. The summed E-state index contributed by atoms with van der Waals surface area (Å²) in [6.07, 6.45) is 0.819. The van der Waals surface area contributed by atoms with Crippen LogP contribution in [0, 0.1) is 6.92 Å². The molecule has 0 spiro atoms. The molecule has 0 bridgehead atoms. The first kappa shape index (κ1) is 11.3. The van der Waals surface area contributed by atoms with Gasteiger partial charge in [0.15, 0.2) is 0 Å². The number of rotatable bonds is 1. The van der Waals surface area contributed by atoms with E-state index in [2.05, 4.69) is 0 Å². The largest absolute Gasteiger partial charge is 0.507 e. The molecule has 86 valence electrons. The molecule has 0 saturated carbocycles. The molecule has 1 aliphatic heterocycles. The lowest BCUT2D eigenvalue weighted by atomic mass is 10.1. The summed E-state index contributed by atoms with van der Waals surface area (Å²) in [5.41, 5.74) is 1.33. The second kappa shape index (κ2) is 4.34. The van der Waals surface area contributed by atoms with Gasteiger partial charge in [0.2, 0.25) is 0 Å². The molecule has 1 unspecified atom stereocenters. The Labute approximate surface area is 99.6 Å². The fourth-order valence-corrected chi connectivity index (χ4v) is 2.16. The Kier molecular flexibility index (Phi) is 3.06. The molecular formula is C12H14ClNO2. The zero-order chi connectivity index (χ0) is 11.7. The quantitative estimate of drug-likeness (QED) is 0.763. The van der Waals surface area contributed by atoms with Crippen molar-refractivity contribution >= 4 is 17.5 Å². The van der Waals surface area contributed by atoms with Crippen molar-refractivity contribution in [2.24, 2.45) is 0 Å². The molecule has 0 aromatic heterocycles. The first-order valence-corrected chi connectivity index (χ1v) is 5.74. The summed E-state index contributed by atoms with van der Waals surface area (Å²) in [5.74, 6) is -0.0991. The molecule has 1 atom stereocenters. The Morgan fingerprint density at radius 1 is 1.56 bits per heavy atom. The third-order valence-electron chi connectivity index (χ3n) is 2.80. The van der Waals surface area contributed by atoms with Crippen molar-refractivity contribution in [3.8, 4) is 5.75 Å². The monoisotopic (exact) mass is 239 g/mol. The Morgan fingerprint density at radius 2 is 2.31 bits per heavy atom. The summed E-state index contributed by atoms with van der Waals surface area (Å²) < 4.78 is 0. The van der Waals surface area contributed by atoms with E-state index < -0.39 is 0 Å². The fraction of sp³-hybridized carbons (Fsp3) is 0.417. The van der Waals surface area contributed by atoms with Gasteiger partial charge >= 0.3 is 0 Å². The van der Waals surface area contributed by atoms with Crippen molar-refractivity contribution < 1.29 is 9.90 Å². The van der Waals surface area contributed by atoms with E-state index in [4.69, 9.17) is 11.6 Å². The minimum Gasteiger partial charge on any atom is -0.507 e. The smallest absolute Gasteiger partial charge is 0.257 e. The normalized spacial score (nSPS) is 20.1. The predicted octanol–water partition coefficient (Wildman–Crippen LogP) is 2.15. The van der Waals surface area contributed by atoms with Crippen LogP contribution in [0.5, 0.6) is 5.75 Å². The fourth-order valence-electron chi connectivity index (χ4n) is 1.89. The number of amides is 1. The van der Waals surface area contributed by atoms with E-state index in [-0.39, 0.29) is 17.0 Å². The third kappa shape index (κ3) is 2.14. The van der Waals surface area contributed by atoms with Gasteiger partial charge in [-0.3, -0.25) is 4.79 Å². The molecule has 1 aromatic carbocycles. The van der Waals surface area contributed by atoms with Gasteiger partial charge in [0, 0.05) is 13.1 Å². The zero-order valence-electron chi connectivity index (χ0n) is 9.11.